The lowest BCUT2D eigenvalue weighted by molar-refractivity contribution is 0.324. The molecular weight excluding hydrogens is 378 g/mol. The van der Waals surface area contributed by atoms with E-state index >= 15 is 0 Å². The molecule has 0 saturated carbocycles. The van der Waals surface area contributed by atoms with Gasteiger partial charge in [-0.3, -0.25) is 9.38 Å². The maximum absolute atomic E-state index is 6.34. The molecule has 0 aliphatic carbocycles. The number of imidazole rings is 1. The number of methoxy groups -OCH3 is 3. The molecule has 28 heavy (non-hydrogen) atoms. The molecule has 0 unspecified atom stereocenters. The quantitative estimate of drug-likeness (QED) is 0.488. The van der Waals surface area contributed by atoms with E-state index in [4.69, 9.17) is 25.8 Å². The van der Waals surface area contributed by atoms with Crippen molar-refractivity contribution in [2.75, 3.05) is 21.3 Å². The van der Waals surface area contributed by atoms with Gasteiger partial charge in [0.1, 0.15) is 0 Å². The zero-order valence-electron chi connectivity index (χ0n) is 15.6. The molecule has 0 radical (unpaired) electrons. The van der Waals surface area contributed by atoms with Gasteiger partial charge in [-0.05, 0) is 18.2 Å². The molecule has 0 aliphatic heterocycles. The Balaban J connectivity index is 1.90. The molecule has 6 nitrogen and oxygen atoms in total. The van der Waals surface area contributed by atoms with Crippen LogP contribution in [0.1, 0.15) is 0 Å². The molecule has 2 heterocycles. The summed E-state index contributed by atoms with van der Waals surface area (Å²) in [5.41, 5.74) is 4.07. The van der Waals surface area contributed by atoms with Gasteiger partial charge in [0.2, 0.25) is 5.75 Å². The summed E-state index contributed by atoms with van der Waals surface area (Å²) in [6.07, 6.45) is 5.43. The van der Waals surface area contributed by atoms with Crippen molar-refractivity contribution in [2.45, 2.75) is 0 Å². The van der Waals surface area contributed by atoms with Crippen molar-refractivity contribution < 1.29 is 14.2 Å². The number of rotatable bonds is 5. The number of halogens is 1. The molecule has 0 fully saturated rings. The number of hydrogen-bond donors (Lipinski definition) is 0. The van der Waals surface area contributed by atoms with Gasteiger partial charge >= 0.3 is 0 Å². The first-order chi connectivity index (χ1) is 13.7. The summed E-state index contributed by atoms with van der Waals surface area (Å²) >= 11 is 6.34. The average molecular weight is 396 g/mol. The van der Waals surface area contributed by atoms with Crippen LogP contribution in [-0.4, -0.2) is 35.7 Å². The molecule has 4 aromatic rings. The third kappa shape index (κ3) is 3.01. The van der Waals surface area contributed by atoms with Gasteiger partial charge in [0.05, 0.1) is 50.1 Å². The summed E-state index contributed by atoms with van der Waals surface area (Å²) in [5, 5.41) is 0.642. The highest BCUT2D eigenvalue weighted by Gasteiger charge is 2.17. The van der Waals surface area contributed by atoms with E-state index in [2.05, 4.69) is 9.97 Å². The highest BCUT2D eigenvalue weighted by atomic mass is 35.5. The van der Waals surface area contributed by atoms with Crippen molar-refractivity contribution >= 4 is 17.2 Å². The molecule has 2 aromatic carbocycles. The number of hydrogen-bond acceptors (Lipinski definition) is 5. The SMILES string of the molecule is COc1cc(-c2cnc3cnc(-c4ccccc4Cl)cn23)cc(OC)c1OC. The zero-order chi connectivity index (χ0) is 19.7. The normalized spacial score (nSPS) is 10.9. The van der Waals surface area contributed by atoms with E-state index in [0.717, 1.165) is 28.2 Å². The molecule has 7 heteroatoms. The lowest BCUT2D eigenvalue weighted by Gasteiger charge is -2.14. The van der Waals surface area contributed by atoms with Crippen LogP contribution in [0.25, 0.3) is 28.2 Å². The van der Waals surface area contributed by atoms with Gasteiger partial charge in [0.25, 0.3) is 0 Å². The van der Waals surface area contributed by atoms with Crippen LogP contribution < -0.4 is 14.2 Å². The molecular formula is C21H18ClN3O3. The van der Waals surface area contributed by atoms with Gasteiger partial charge in [0.15, 0.2) is 17.1 Å². The van der Waals surface area contributed by atoms with Crippen molar-refractivity contribution in [3.05, 3.63) is 60.0 Å². The lowest BCUT2D eigenvalue weighted by atomic mass is 10.1. The maximum Gasteiger partial charge on any atom is 0.203 e. The number of fused-ring (bicyclic) bond motifs is 1. The van der Waals surface area contributed by atoms with Crippen LogP contribution in [0.3, 0.4) is 0 Å². The molecule has 0 saturated heterocycles. The van der Waals surface area contributed by atoms with Crippen molar-refractivity contribution in [3.63, 3.8) is 0 Å². The fourth-order valence-electron chi connectivity index (χ4n) is 3.14. The van der Waals surface area contributed by atoms with Crippen LogP contribution in [0.2, 0.25) is 5.02 Å². The Bertz CT molecular complexity index is 1130. The Hall–Kier alpha value is -3.25. The minimum absolute atomic E-state index is 0.543. The number of aromatic nitrogens is 3. The third-order valence-electron chi connectivity index (χ3n) is 4.51. The molecule has 0 bridgehead atoms. The third-order valence-corrected chi connectivity index (χ3v) is 4.84. The summed E-state index contributed by atoms with van der Waals surface area (Å²) in [4.78, 5) is 8.96. The van der Waals surface area contributed by atoms with Gasteiger partial charge in [0, 0.05) is 17.3 Å². The lowest BCUT2D eigenvalue weighted by Crippen LogP contribution is -1.97. The number of nitrogens with zero attached hydrogens (tertiary/aromatic N) is 3. The van der Waals surface area contributed by atoms with E-state index in [1.54, 1.807) is 33.7 Å². The molecule has 0 atom stereocenters. The van der Waals surface area contributed by atoms with Crippen LogP contribution in [0, 0.1) is 0 Å². The van der Waals surface area contributed by atoms with Crippen LogP contribution >= 0.6 is 11.6 Å². The minimum atomic E-state index is 0.543. The Morgan fingerprint density at radius 2 is 1.61 bits per heavy atom. The first kappa shape index (κ1) is 18.1. The summed E-state index contributed by atoms with van der Waals surface area (Å²) in [6.45, 7) is 0. The Kier molecular flexibility index (Phi) is 4.79. The van der Waals surface area contributed by atoms with E-state index in [-0.39, 0.29) is 0 Å². The fraction of sp³-hybridized carbons (Fsp3) is 0.143. The van der Waals surface area contributed by atoms with E-state index in [1.807, 2.05) is 47.0 Å². The standard InChI is InChI=1S/C21H18ClN3O3/c1-26-18-8-13(9-19(27-2)21(18)28-3)17-10-24-20-11-23-16(12-25(17)20)14-6-4-5-7-15(14)22/h4-12H,1-3H3. The zero-order valence-corrected chi connectivity index (χ0v) is 16.4. The average Bonchev–Trinajstić information content (AvgIpc) is 3.16. The van der Waals surface area contributed by atoms with Crippen LogP contribution in [0.5, 0.6) is 17.2 Å². The Morgan fingerprint density at radius 1 is 0.893 bits per heavy atom. The number of benzene rings is 2. The highest BCUT2D eigenvalue weighted by molar-refractivity contribution is 6.33. The van der Waals surface area contributed by atoms with Crippen LogP contribution in [0.15, 0.2) is 55.0 Å². The molecule has 4 rings (SSSR count). The summed E-state index contributed by atoms with van der Waals surface area (Å²) in [7, 11) is 4.76. The second-order valence-corrected chi connectivity index (χ2v) is 6.45. The first-order valence-corrected chi connectivity index (χ1v) is 8.92. The molecule has 0 aliphatic rings. The van der Waals surface area contributed by atoms with Gasteiger partial charge in [-0.1, -0.05) is 29.8 Å². The predicted octanol–water partition coefficient (Wildman–Crippen LogP) is 4.74. The monoisotopic (exact) mass is 395 g/mol. The van der Waals surface area contributed by atoms with E-state index in [1.165, 1.54) is 0 Å². The summed E-state index contributed by atoms with van der Waals surface area (Å²) < 4.78 is 18.3. The Morgan fingerprint density at radius 3 is 2.25 bits per heavy atom. The molecule has 0 spiro atoms. The predicted molar refractivity (Wildman–Crippen MR) is 109 cm³/mol. The van der Waals surface area contributed by atoms with Crippen LogP contribution in [0.4, 0.5) is 0 Å². The van der Waals surface area contributed by atoms with Crippen molar-refractivity contribution in [3.8, 4) is 39.8 Å². The largest absolute Gasteiger partial charge is 0.493 e. The first-order valence-electron chi connectivity index (χ1n) is 8.54. The van der Waals surface area contributed by atoms with Crippen LogP contribution in [-0.2, 0) is 0 Å². The van der Waals surface area contributed by atoms with Crippen molar-refractivity contribution in [1.82, 2.24) is 14.4 Å². The maximum atomic E-state index is 6.34. The van der Waals surface area contributed by atoms with Gasteiger partial charge in [-0.2, -0.15) is 0 Å². The van der Waals surface area contributed by atoms with Gasteiger partial charge < -0.3 is 14.2 Å². The molecule has 0 N–H and O–H groups in total. The van der Waals surface area contributed by atoms with Gasteiger partial charge in [-0.25, -0.2) is 4.98 Å². The van der Waals surface area contributed by atoms with Gasteiger partial charge in [-0.15, -0.1) is 0 Å². The number of ether oxygens (including phenoxy) is 3. The summed E-state index contributed by atoms with van der Waals surface area (Å²) in [5.74, 6) is 1.69. The second-order valence-electron chi connectivity index (χ2n) is 6.04. The van der Waals surface area contributed by atoms with E-state index in [9.17, 15) is 0 Å². The fourth-order valence-corrected chi connectivity index (χ4v) is 3.37. The van der Waals surface area contributed by atoms with Crippen molar-refractivity contribution in [2.24, 2.45) is 0 Å². The highest BCUT2D eigenvalue weighted by Crippen LogP contribution is 2.41. The molecule has 0 amide bonds. The summed E-state index contributed by atoms with van der Waals surface area (Å²) in [6, 6.07) is 11.4. The van der Waals surface area contributed by atoms with E-state index < -0.39 is 0 Å². The molecule has 2 aromatic heterocycles. The van der Waals surface area contributed by atoms with E-state index in [0.29, 0.717) is 22.3 Å². The smallest absolute Gasteiger partial charge is 0.203 e. The Labute approximate surface area is 167 Å². The molecule has 142 valence electrons. The minimum Gasteiger partial charge on any atom is -0.493 e. The second kappa shape index (κ2) is 7.40. The van der Waals surface area contributed by atoms with Crippen molar-refractivity contribution in [1.29, 1.82) is 0 Å². The topological polar surface area (TPSA) is 57.9 Å².